The number of likely N-dealkylation sites (tertiary alicyclic amines) is 1. The molecule has 1 aliphatic heterocycles. The Labute approximate surface area is 176 Å². The van der Waals surface area contributed by atoms with Gasteiger partial charge in [-0.25, -0.2) is 0 Å². The van der Waals surface area contributed by atoms with Crippen molar-refractivity contribution in [3.8, 4) is 0 Å². The van der Waals surface area contributed by atoms with Gasteiger partial charge >= 0.3 is 0 Å². The van der Waals surface area contributed by atoms with Crippen LogP contribution < -0.4 is 5.32 Å². The molecule has 2 aromatic rings. The molecule has 3 heteroatoms. The molecule has 2 aromatic carbocycles. The molecule has 1 fully saturated rings. The molecule has 0 saturated carbocycles. The van der Waals surface area contributed by atoms with E-state index in [1.807, 2.05) is 12.1 Å². The largest absolute Gasteiger partial charge is 0.352 e. The predicted octanol–water partition coefficient (Wildman–Crippen LogP) is 5.40. The summed E-state index contributed by atoms with van der Waals surface area (Å²) in [6.07, 6.45) is 4.54. The van der Waals surface area contributed by atoms with Crippen molar-refractivity contribution in [3.05, 3.63) is 70.8 Å². The van der Waals surface area contributed by atoms with E-state index in [2.05, 4.69) is 67.4 Å². The topological polar surface area (TPSA) is 32.3 Å². The molecular weight excluding hydrogens is 356 g/mol. The normalized spacial score (nSPS) is 15.6. The van der Waals surface area contributed by atoms with Gasteiger partial charge < -0.3 is 5.32 Å². The van der Waals surface area contributed by atoms with Gasteiger partial charge in [-0.05, 0) is 79.4 Å². The number of carbonyl (C=O) groups is 1. The third-order valence-corrected chi connectivity index (χ3v) is 6.07. The Morgan fingerprint density at radius 2 is 1.62 bits per heavy atom. The second-order valence-corrected chi connectivity index (χ2v) is 8.91. The van der Waals surface area contributed by atoms with Crippen LogP contribution in [0.4, 0.5) is 0 Å². The van der Waals surface area contributed by atoms with Crippen molar-refractivity contribution in [1.82, 2.24) is 10.2 Å². The van der Waals surface area contributed by atoms with E-state index in [9.17, 15) is 4.79 Å². The van der Waals surface area contributed by atoms with Crippen molar-refractivity contribution in [1.29, 1.82) is 0 Å². The highest BCUT2D eigenvalue weighted by Gasteiger charge is 2.15. The van der Waals surface area contributed by atoms with E-state index in [0.717, 1.165) is 30.9 Å². The van der Waals surface area contributed by atoms with Crippen LogP contribution in [0.15, 0.2) is 48.5 Å². The molecule has 0 aromatic heterocycles. The summed E-state index contributed by atoms with van der Waals surface area (Å²) in [7, 11) is 0. The van der Waals surface area contributed by atoms with Crippen LogP contribution in [0, 0.1) is 5.92 Å². The van der Waals surface area contributed by atoms with Gasteiger partial charge in [0.2, 0.25) is 0 Å². The number of hydrogen-bond donors (Lipinski definition) is 1. The third kappa shape index (κ3) is 6.71. The van der Waals surface area contributed by atoms with Crippen LogP contribution in [0.5, 0.6) is 0 Å². The maximum absolute atomic E-state index is 12.4. The molecule has 0 spiro atoms. The molecule has 1 amide bonds. The summed E-state index contributed by atoms with van der Waals surface area (Å²) < 4.78 is 0. The predicted molar refractivity (Wildman–Crippen MR) is 121 cm³/mol. The first-order valence-electron chi connectivity index (χ1n) is 11.2. The summed E-state index contributed by atoms with van der Waals surface area (Å²) >= 11 is 0. The van der Waals surface area contributed by atoms with Crippen LogP contribution in [-0.4, -0.2) is 30.4 Å². The highest BCUT2D eigenvalue weighted by Crippen LogP contribution is 2.18. The average molecular weight is 393 g/mol. The zero-order valence-electron chi connectivity index (χ0n) is 18.3. The summed E-state index contributed by atoms with van der Waals surface area (Å²) in [5, 5.41) is 3.06. The Morgan fingerprint density at radius 3 is 2.24 bits per heavy atom. The monoisotopic (exact) mass is 392 g/mol. The molecule has 1 aliphatic rings. The highest BCUT2D eigenvalue weighted by molar-refractivity contribution is 5.94. The Morgan fingerprint density at radius 1 is 1.00 bits per heavy atom. The van der Waals surface area contributed by atoms with Crippen molar-refractivity contribution < 1.29 is 4.79 Å². The summed E-state index contributed by atoms with van der Waals surface area (Å²) in [5.74, 6) is 1.45. The lowest BCUT2D eigenvalue weighted by atomic mass is 9.99. The van der Waals surface area contributed by atoms with Crippen LogP contribution in [0.3, 0.4) is 0 Å². The van der Waals surface area contributed by atoms with E-state index < -0.39 is 0 Å². The average Bonchev–Trinajstić information content (AvgIpc) is 2.73. The van der Waals surface area contributed by atoms with Gasteiger partial charge in [-0.2, -0.15) is 0 Å². The summed E-state index contributed by atoms with van der Waals surface area (Å²) in [6.45, 7) is 10.8. The molecule has 0 radical (unpaired) electrons. The van der Waals surface area contributed by atoms with Crippen molar-refractivity contribution in [2.45, 2.75) is 58.9 Å². The molecule has 156 valence electrons. The van der Waals surface area contributed by atoms with Gasteiger partial charge in [0.05, 0.1) is 0 Å². The van der Waals surface area contributed by atoms with Crippen LogP contribution >= 0.6 is 0 Å². The van der Waals surface area contributed by atoms with Gasteiger partial charge in [0.15, 0.2) is 0 Å². The number of carbonyl (C=O) groups excluding carboxylic acids is 1. The zero-order chi connectivity index (χ0) is 20.6. The third-order valence-electron chi connectivity index (χ3n) is 6.07. The van der Waals surface area contributed by atoms with E-state index in [4.69, 9.17) is 0 Å². The molecular formula is C26H36N2O. The smallest absolute Gasteiger partial charge is 0.251 e. The van der Waals surface area contributed by atoms with Crippen LogP contribution in [0.1, 0.15) is 73.0 Å². The number of piperidine rings is 1. The van der Waals surface area contributed by atoms with Gasteiger partial charge in [-0.3, -0.25) is 9.69 Å². The second kappa shape index (κ2) is 10.6. The number of hydrogen-bond acceptors (Lipinski definition) is 2. The van der Waals surface area contributed by atoms with E-state index in [0.29, 0.717) is 12.5 Å². The molecule has 3 rings (SSSR count). The summed E-state index contributed by atoms with van der Waals surface area (Å²) in [6, 6.07) is 17.0. The van der Waals surface area contributed by atoms with Crippen molar-refractivity contribution in [2.75, 3.05) is 19.6 Å². The standard InChI is InChI=1S/C26H36N2O/c1-20(2)24-10-6-22(7-11-24)5-4-16-27-26(29)25-12-8-23(9-13-25)19-28-17-14-21(3)15-18-28/h6-13,20-21H,4-5,14-19H2,1-3H3,(H,27,29). The van der Waals surface area contributed by atoms with E-state index in [1.165, 1.54) is 42.6 Å². The molecule has 0 bridgehead atoms. The first kappa shape index (κ1) is 21.6. The number of rotatable bonds is 8. The fraction of sp³-hybridized carbons (Fsp3) is 0.500. The molecule has 0 unspecified atom stereocenters. The molecule has 3 nitrogen and oxygen atoms in total. The second-order valence-electron chi connectivity index (χ2n) is 8.91. The van der Waals surface area contributed by atoms with Gasteiger partial charge in [0, 0.05) is 18.7 Å². The quantitative estimate of drug-likeness (QED) is 0.610. The SMILES string of the molecule is CC1CCN(Cc2ccc(C(=O)NCCCc3ccc(C(C)C)cc3)cc2)CC1. The minimum absolute atomic E-state index is 0.0264. The van der Waals surface area contributed by atoms with E-state index >= 15 is 0 Å². The number of benzene rings is 2. The Hall–Kier alpha value is -2.13. The van der Waals surface area contributed by atoms with Crippen molar-refractivity contribution in [3.63, 3.8) is 0 Å². The highest BCUT2D eigenvalue weighted by atomic mass is 16.1. The lowest BCUT2D eigenvalue weighted by Crippen LogP contribution is -2.32. The first-order chi connectivity index (χ1) is 14.0. The fourth-order valence-electron chi connectivity index (χ4n) is 3.91. The van der Waals surface area contributed by atoms with E-state index in [-0.39, 0.29) is 5.91 Å². The first-order valence-corrected chi connectivity index (χ1v) is 11.2. The maximum atomic E-state index is 12.4. The molecule has 1 heterocycles. The van der Waals surface area contributed by atoms with Crippen LogP contribution in [0.2, 0.25) is 0 Å². The Bertz CT molecular complexity index is 756. The molecule has 29 heavy (non-hydrogen) atoms. The van der Waals surface area contributed by atoms with Gasteiger partial charge in [-0.1, -0.05) is 57.2 Å². The zero-order valence-corrected chi connectivity index (χ0v) is 18.3. The Kier molecular flexibility index (Phi) is 7.88. The lowest BCUT2D eigenvalue weighted by Gasteiger charge is -2.30. The Balaban J connectivity index is 1.39. The van der Waals surface area contributed by atoms with E-state index in [1.54, 1.807) is 0 Å². The summed E-state index contributed by atoms with van der Waals surface area (Å²) in [4.78, 5) is 14.9. The van der Waals surface area contributed by atoms with Crippen molar-refractivity contribution >= 4 is 5.91 Å². The van der Waals surface area contributed by atoms with Gasteiger partial charge in [-0.15, -0.1) is 0 Å². The number of nitrogens with one attached hydrogen (secondary N) is 1. The molecule has 1 N–H and O–H groups in total. The number of aryl methyl sites for hydroxylation is 1. The molecule has 0 atom stereocenters. The van der Waals surface area contributed by atoms with Crippen LogP contribution in [0.25, 0.3) is 0 Å². The minimum Gasteiger partial charge on any atom is -0.352 e. The van der Waals surface area contributed by atoms with Crippen molar-refractivity contribution in [2.24, 2.45) is 5.92 Å². The molecule has 1 saturated heterocycles. The van der Waals surface area contributed by atoms with Crippen LogP contribution in [-0.2, 0) is 13.0 Å². The fourth-order valence-corrected chi connectivity index (χ4v) is 3.91. The lowest BCUT2D eigenvalue weighted by molar-refractivity contribution is 0.0953. The van der Waals surface area contributed by atoms with Gasteiger partial charge in [0.1, 0.15) is 0 Å². The maximum Gasteiger partial charge on any atom is 0.251 e. The minimum atomic E-state index is 0.0264. The molecule has 0 aliphatic carbocycles. The number of nitrogens with zero attached hydrogens (tertiary/aromatic N) is 1. The number of amides is 1. The van der Waals surface area contributed by atoms with Gasteiger partial charge in [0.25, 0.3) is 5.91 Å². The summed E-state index contributed by atoms with van der Waals surface area (Å²) in [5.41, 5.74) is 4.75.